The summed E-state index contributed by atoms with van der Waals surface area (Å²) in [5, 5.41) is 0.968. The van der Waals surface area contributed by atoms with Gasteiger partial charge in [0, 0.05) is 24.1 Å². The summed E-state index contributed by atoms with van der Waals surface area (Å²) in [4.78, 5) is 5.66. The third-order valence-corrected chi connectivity index (χ3v) is 3.83. The molecule has 0 aliphatic rings. The molecule has 1 heterocycles. The Bertz CT molecular complexity index is 523. The van der Waals surface area contributed by atoms with Crippen molar-refractivity contribution in [3.63, 3.8) is 0 Å². The number of aromatic nitrogens is 1. The van der Waals surface area contributed by atoms with Crippen molar-refractivity contribution in [1.82, 2.24) is 4.98 Å². The number of ether oxygens (including phenoxy) is 2. The zero-order valence-corrected chi connectivity index (χ0v) is 12.0. The first-order valence-corrected chi connectivity index (χ1v) is 7.01. The number of thiazole rings is 1. The Labute approximate surface area is 117 Å². The van der Waals surface area contributed by atoms with E-state index in [1.807, 2.05) is 31.2 Å². The number of rotatable bonds is 6. The van der Waals surface area contributed by atoms with E-state index in [9.17, 15) is 0 Å². The van der Waals surface area contributed by atoms with E-state index in [4.69, 9.17) is 15.2 Å². The van der Waals surface area contributed by atoms with Crippen LogP contribution in [0.5, 0.6) is 5.75 Å². The van der Waals surface area contributed by atoms with Crippen molar-refractivity contribution in [3.05, 3.63) is 34.8 Å². The van der Waals surface area contributed by atoms with Crippen molar-refractivity contribution in [3.8, 4) is 16.3 Å². The number of nitrogens with two attached hydrogens (primary N) is 1. The molecule has 19 heavy (non-hydrogen) atoms. The molecule has 102 valence electrons. The highest BCUT2D eigenvalue weighted by molar-refractivity contribution is 7.15. The summed E-state index contributed by atoms with van der Waals surface area (Å²) in [7, 11) is 1.66. The second-order valence-corrected chi connectivity index (χ2v) is 5.07. The van der Waals surface area contributed by atoms with Gasteiger partial charge in [0.15, 0.2) is 0 Å². The van der Waals surface area contributed by atoms with Gasteiger partial charge < -0.3 is 15.2 Å². The molecule has 0 amide bonds. The normalized spacial score (nSPS) is 10.7. The third kappa shape index (κ3) is 3.32. The number of hydrogen-bond donors (Lipinski definition) is 1. The zero-order chi connectivity index (χ0) is 13.7. The SMILES string of the molecule is CCOc1ccc(-c2nc(COC)c(CN)s2)cc1. The van der Waals surface area contributed by atoms with E-state index in [0.717, 1.165) is 26.9 Å². The lowest BCUT2D eigenvalue weighted by Crippen LogP contribution is -1.99. The fraction of sp³-hybridized carbons (Fsp3) is 0.357. The van der Waals surface area contributed by atoms with Gasteiger partial charge in [0.25, 0.3) is 0 Å². The zero-order valence-electron chi connectivity index (χ0n) is 11.2. The van der Waals surface area contributed by atoms with Gasteiger partial charge in [-0.15, -0.1) is 11.3 Å². The Balaban J connectivity index is 2.25. The maximum atomic E-state index is 5.73. The Kier molecular flexibility index (Phi) is 4.90. The minimum atomic E-state index is 0.493. The van der Waals surface area contributed by atoms with Crippen LogP contribution in [0.3, 0.4) is 0 Å². The molecule has 4 nitrogen and oxygen atoms in total. The van der Waals surface area contributed by atoms with Crippen molar-refractivity contribution in [1.29, 1.82) is 0 Å². The van der Waals surface area contributed by atoms with Crippen LogP contribution in [0.1, 0.15) is 17.5 Å². The van der Waals surface area contributed by atoms with Crippen LogP contribution in [0.25, 0.3) is 10.6 Å². The molecule has 5 heteroatoms. The van der Waals surface area contributed by atoms with E-state index in [-0.39, 0.29) is 0 Å². The molecule has 0 saturated carbocycles. The summed E-state index contributed by atoms with van der Waals surface area (Å²) in [6.45, 7) is 3.64. The van der Waals surface area contributed by atoms with E-state index >= 15 is 0 Å². The van der Waals surface area contributed by atoms with Crippen molar-refractivity contribution in [2.75, 3.05) is 13.7 Å². The lowest BCUT2D eigenvalue weighted by Gasteiger charge is -2.02. The smallest absolute Gasteiger partial charge is 0.124 e. The van der Waals surface area contributed by atoms with Crippen LogP contribution in [-0.4, -0.2) is 18.7 Å². The largest absolute Gasteiger partial charge is 0.494 e. The second-order valence-electron chi connectivity index (χ2n) is 3.98. The predicted molar refractivity (Wildman–Crippen MR) is 77.3 cm³/mol. The highest BCUT2D eigenvalue weighted by Crippen LogP contribution is 2.29. The molecule has 2 N–H and O–H groups in total. The van der Waals surface area contributed by atoms with Crippen LogP contribution in [0, 0.1) is 0 Å². The number of nitrogens with zero attached hydrogens (tertiary/aromatic N) is 1. The third-order valence-electron chi connectivity index (χ3n) is 2.66. The van der Waals surface area contributed by atoms with Gasteiger partial charge in [-0.3, -0.25) is 0 Å². The van der Waals surface area contributed by atoms with E-state index in [0.29, 0.717) is 19.8 Å². The van der Waals surface area contributed by atoms with Gasteiger partial charge in [-0.05, 0) is 31.2 Å². The van der Waals surface area contributed by atoms with Gasteiger partial charge in [-0.2, -0.15) is 0 Å². The first-order chi connectivity index (χ1) is 9.28. The van der Waals surface area contributed by atoms with Crippen LogP contribution < -0.4 is 10.5 Å². The standard InChI is InChI=1S/C14H18N2O2S/c1-3-18-11-6-4-10(5-7-11)14-16-12(9-17-2)13(8-15)19-14/h4-7H,3,8-9,15H2,1-2H3. The molecule has 0 unspecified atom stereocenters. The molecule has 2 aromatic rings. The molecule has 2 rings (SSSR count). The summed E-state index contributed by atoms with van der Waals surface area (Å²) in [6, 6.07) is 7.94. The molecule has 0 spiro atoms. The highest BCUT2D eigenvalue weighted by Gasteiger charge is 2.11. The molecular formula is C14H18N2O2S. The van der Waals surface area contributed by atoms with Gasteiger partial charge in [-0.25, -0.2) is 4.98 Å². The minimum Gasteiger partial charge on any atom is -0.494 e. The number of methoxy groups -OCH3 is 1. The first-order valence-electron chi connectivity index (χ1n) is 6.19. The molecule has 0 radical (unpaired) electrons. The summed E-state index contributed by atoms with van der Waals surface area (Å²) in [6.07, 6.45) is 0. The van der Waals surface area contributed by atoms with E-state index in [1.54, 1.807) is 18.4 Å². The quantitative estimate of drug-likeness (QED) is 0.882. The maximum absolute atomic E-state index is 5.73. The maximum Gasteiger partial charge on any atom is 0.124 e. The summed E-state index contributed by atoms with van der Waals surface area (Å²) >= 11 is 1.61. The van der Waals surface area contributed by atoms with Crippen molar-refractivity contribution in [2.24, 2.45) is 5.73 Å². The van der Waals surface area contributed by atoms with E-state index < -0.39 is 0 Å². The van der Waals surface area contributed by atoms with Gasteiger partial charge in [0.1, 0.15) is 10.8 Å². The number of benzene rings is 1. The Morgan fingerprint density at radius 2 is 2.00 bits per heavy atom. The van der Waals surface area contributed by atoms with E-state index in [2.05, 4.69) is 4.98 Å². The van der Waals surface area contributed by atoms with Gasteiger partial charge >= 0.3 is 0 Å². The fourth-order valence-electron chi connectivity index (χ4n) is 1.78. The van der Waals surface area contributed by atoms with E-state index in [1.165, 1.54) is 0 Å². The molecule has 1 aromatic carbocycles. The van der Waals surface area contributed by atoms with Gasteiger partial charge in [0.2, 0.25) is 0 Å². The van der Waals surface area contributed by atoms with Crippen molar-refractivity contribution in [2.45, 2.75) is 20.1 Å². The monoisotopic (exact) mass is 278 g/mol. The van der Waals surface area contributed by atoms with Crippen LogP contribution >= 0.6 is 11.3 Å². The molecule has 0 aliphatic carbocycles. The molecule has 0 aliphatic heterocycles. The Morgan fingerprint density at radius 3 is 2.58 bits per heavy atom. The average molecular weight is 278 g/mol. The van der Waals surface area contributed by atoms with Gasteiger partial charge in [-0.1, -0.05) is 0 Å². The summed E-state index contributed by atoms with van der Waals surface area (Å²) in [5.41, 5.74) is 7.73. The molecule has 0 bridgehead atoms. The van der Waals surface area contributed by atoms with Gasteiger partial charge in [0.05, 0.1) is 18.9 Å². The fourth-order valence-corrected chi connectivity index (χ4v) is 2.73. The first kappa shape index (κ1) is 14.0. The van der Waals surface area contributed by atoms with Crippen LogP contribution in [0.4, 0.5) is 0 Å². The Morgan fingerprint density at radius 1 is 1.26 bits per heavy atom. The second kappa shape index (κ2) is 6.65. The minimum absolute atomic E-state index is 0.493. The van der Waals surface area contributed by atoms with Crippen LogP contribution in [0.2, 0.25) is 0 Å². The lowest BCUT2D eigenvalue weighted by molar-refractivity contribution is 0.181. The molecule has 0 saturated heterocycles. The molecule has 0 atom stereocenters. The molecule has 1 aromatic heterocycles. The molecular weight excluding hydrogens is 260 g/mol. The summed E-state index contributed by atoms with van der Waals surface area (Å²) in [5.74, 6) is 0.874. The highest BCUT2D eigenvalue weighted by atomic mass is 32.1. The van der Waals surface area contributed by atoms with Crippen molar-refractivity contribution < 1.29 is 9.47 Å². The predicted octanol–water partition coefficient (Wildman–Crippen LogP) is 2.81. The summed E-state index contributed by atoms with van der Waals surface area (Å²) < 4.78 is 10.6. The Hall–Kier alpha value is -1.43. The molecule has 0 fully saturated rings. The average Bonchev–Trinajstić information content (AvgIpc) is 2.84. The lowest BCUT2D eigenvalue weighted by atomic mass is 10.2. The topological polar surface area (TPSA) is 57.4 Å². The van der Waals surface area contributed by atoms with Crippen molar-refractivity contribution >= 4 is 11.3 Å². The van der Waals surface area contributed by atoms with Crippen LogP contribution in [0.15, 0.2) is 24.3 Å². The van der Waals surface area contributed by atoms with Crippen LogP contribution in [-0.2, 0) is 17.9 Å². The number of hydrogen-bond acceptors (Lipinski definition) is 5.